The Hall–Kier alpha value is -1.03. The molecule has 1 aromatic carbocycles. The van der Waals surface area contributed by atoms with E-state index >= 15 is 0 Å². The molecule has 1 aromatic rings. The molecule has 0 spiro atoms. The number of sulfonamides is 1. The zero-order valence-electron chi connectivity index (χ0n) is 11.0. The van der Waals surface area contributed by atoms with Crippen LogP contribution in [0.4, 0.5) is 5.69 Å². The Morgan fingerprint density at radius 3 is 2.47 bits per heavy atom. The van der Waals surface area contributed by atoms with Crippen molar-refractivity contribution in [3.8, 4) is 0 Å². The Morgan fingerprint density at radius 1 is 1.29 bits per heavy atom. The van der Waals surface area contributed by atoms with Crippen LogP contribution in [-0.4, -0.2) is 21.2 Å². The van der Waals surface area contributed by atoms with Crippen molar-refractivity contribution in [1.82, 2.24) is 0 Å². The van der Waals surface area contributed by atoms with E-state index in [0.29, 0.717) is 12.3 Å². The molecular formula is C13H21NO2S. The molecular weight excluding hydrogens is 234 g/mol. The molecule has 0 saturated heterocycles. The largest absolute Gasteiger partial charge is 0.273 e. The minimum Gasteiger partial charge on any atom is -0.273 e. The molecule has 0 fully saturated rings. The van der Waals surface area contributed by atoms with Crippen LogP contribution in [0, 0.1) is 0 Å². The molecule has 0 aliphatic carbocycles. The smallest absolute Gasteiger partial charge is 0.234 e. The van der Waals surface area contributed by atoms with E-state index in [4.69, 9.17) is 0 Å². The van der Waals surface area contributed by atoms with E-state index in [1.807, 2.05) is 31.2 Å². The molecule has 0 aromatic heterocycles. The van der Waals surface area contributed by atoms with Crippen LogP contribution in [0.5, 0.6) is 0 Å². The quantitative estimate of drug-likeness (QED) is 0.811. The summed E-state index contributed by atoms with van der Waals surface area (Å²) in [5.41, 5.74) is 1.89. The zero-order chi connectivity index (χ0) is 13.1. The highest BCUT2D eigenvalue weighted by Gasteiger charge is 2.17. The van der Waals surface area contributed by atoms with E-state index in [0.717, 1.165) is 11.3 Å². The third kappa shape index (κ3) is 3.46. The molecule has 0 bridgehead atoms. The summed E-state index contributed by atoms with van der Waals surface area (Å²) in [6, 6.07) is 7.70. The molecule has 0 saturated carbocycles. The summed E-state index contributed by atoms with van der Waals surface area (Å²) < 4.78 is 25.3. The number of hydrogen-bond donors (Lipinski definition) is 0. The number of rotatable bonds is 5. The van der Waals surface area contributed by atoms with Crippen LogP contribution in [0.3, 0.4) is 0 Å². The number of benzene rings is 1. The molecule has 96 valence electrons. The van der Waals surface area contributed by atoms with Gasteiger partial charge in [-0.1, -0.05) is 32.9 Å². The highest BCUT2D eigenvalue weighted by molar-refractivity contribution is 7.92. The molecule has 1 rings (SSSR count). The Balaban J connectivity index is 3.04. The lowest BCUT2D eigenvalue weighted by molar-refractivity contribution is 0.593. The lowest BCUT2D eigenvalue weighted by Gasteiger charge is -2.20. The summed E-state index contributed by atoms with van der Waals surface area (Å²) in [6.07, 6.45) is 0.635. The first kappa shape index (κ1) is 14.0. The van der Waals surface area contributed by atoms with E-state index in [1.165, 1.54) is 4.31 Å². The van der Waals surface area contributed by atoms with Gasteiger partial charge in [-0.05, 0) is 30.0 Å². The summed E-state index contributed by atoms with van der Waals surface area (Å²) >= 11 is 0. The van der Waals surface area contributed by atoms with E-state index < -0.39 is 10.0 Å². The Bertz CT molecular complexity index is 466. The van der Waals surface area contributed by atoms with Gasteiger partial charge in [-0.3, -0.25) is 4.31 Å². The van der Waals surface area contributed by atoms with Gasteiger partial charge in [0.05, 0.1) is 11.4 Å². The molecule has 0 N–H and O–H groups in total. The summed E-state index contributed by atoms with van der Waals surface area (Å²) in [5, 5.41) is 0. The first-order valence-corrected chi connectivity index (χ1v) is 7.56. The van der Waals surface area contributed by atoms with Crippen molar-refractivity contribution in [3.05, 3.63) is 29.8 Å². The normalized spacial score (nSPS) is 11.8. The summed E-state index contributed by atoms with van der Waals surface area (Å²) in [4.78, 5) is 0. The maximum Gasteiger partial charge on any atom is 0.234 e. The van der Waals surface area contributed by atoms with Crippen molar-refractivity contribution in [3.63, 3.8) is 0 Å². The molecule has 17 heavy (non-hydrogen) atoms. The van der Waals surface area contributed by atoms with Gasteiger partial charge in [0.1, 0.15) is 0 Å². The van der Waals surface area contributed by atoms with Crippen molar-refractivity contribution < 1.29 is 8.42 Å². The average Bonchev–Trinajstić information content (AvgIpc) is 2.28. The minimum absolute atomic E-state index is 0.190. The fraction of sp³-hybridized carbons (Fsp3) is 0.538. The Morgan fingerprint density at radius 2 is 1.94 bits per heavy atom. The van der Waals surface area contributed by atoms with Gasteiger partial charge in [-0.2, -0.15) is 0 Å². The minimum atomic E-state index is -3.17. The van der Waals surface area contributed by atoms with Crippen LogP contribution in [0.2, 0.25) is 0 Å². The van der Waals surface area contributed by atoms with Gasteiger partial charge in [0.25, 0.3) is 0 Å². The fourth-order valence-corrected chi connectivity index (χ4v) is 2.86. The second-order valence-corrected chi connectivity index (χ2v) is 6.65. The van der Waals surface area contributed by atoms with Crippen molar-refractivity contribution in [2.45, 2.75) is 33.1 Å². The molecule has 0 aliphatic heterocycles. The molecule has 0 amide bonds. The highest BCUT2D eigenvalue weighted by Crippen LogP contribution is 2.22. The predicted molar refractivity (Wildman–Crippen MR) is 73.0 cm³/mol. The van der Waals surface area contributed by atoms with Gasteiger partial charge < -0.3 is 0 Å². The number of hydrogen-bond acceptors (Lipinski definition) is 2. The molecule has 0 radical (unpaired) electrons. The van der Waals surface area contributed by atoms with Crippen molar-refractivity contribution >= 4 is 15.7 Å². The first-order valence-electron chi connectivity index (χ1n) is 5.95. The second kappa shape index (κ2) is 5.54. The van der Waals surface area contributed by atoms with Crippen LogP contribution < -0.4 is 4.31 Å². The lowest BCUT2D eigenvalue weighted by Crippen LogP contribution is -2.28. The fourth-order valence-electron chi connectivity index (χ4n) is 1.64. The summed E-state index contributed by atoms with van der Waals surface area (Å²) in [6.45, 7) is 6.06. The Labute approximate surface area is 105 Å². The molecule has 4 heteroatoms. The molecule has 0 heterocycles. The SMILES string of the molecule is CCCS(=O)(=O)N(C)c1cccc(C(C)C)c1. The first-order chi connectivity index (χ1) is 7.88. The standard InChI is InChI=1S/C13H21NO2S/c1-5-9-17(15,16)14(4)13-8-6-7-12(10-13)11(2)3/h6-8,10-11H,5,9H2,1-4H3. The van der Waals surface area contributed by atoms with E-state index in [2.05, 4.69) is 13.8 Å². The topological polar surface area (TPSA) is 37.4 Å². The molecule has 0 aliphatic rings. The lowest BCUT2D eigenvalue weighted by atomic mass is 10.0. The average molecular weight is 255 g/mol. The van der Waals surface area contributed by atoms with Gasteiger partial charge >= 0.3 is 0 Å². The van der Waals surface area contributed by atoms with E-state index in [1.54, 1.807) is 7.05 Å². The van der Waals surface area contributed by atoms with Crippen LogP contribution in [-0.2, 0) is 10.0 Å². The van der Waals surface area contributed by atoms with Crippen LogP contribution in [0.15, 0.2) is 24.3 Å². The van der Waals surface area contributed by atoms with Crippen LogP contribution >= 0.6 is 0 Å². The van der Waals surface area contributed by atoms with Gasteiger partial charge in [-0.25, -0.2) is 8.42 Å². The molecule has 0 atom stereocenters. The second-order valence-electron chi connectivity index (χ2n) is 4.53. The maximum absolute atomic E-state index is 11.9. The molecule has 3 nitrogen and oxygen atoms in total. The monoisotopic (exact) mass is 255 g/mol. The number of anilines is 1. The zero-order valence-corrected chi connectivity index (χ0v) is 11.8. The van der Waals surface area contributed by atoms with Crippen molar-refractivity contribution in [1.29, 1.82) is 0 Å². The van der Waals surface area contributed by atoms with Gasteiger partial charge in [0.2, 0.25) is 10.0 Å². The third-order valence-electron chi connectivity index (χ3n) is 2.78. The van der Waals surface area contributed by atoms with Gasteiger partial charge in [0, 0.05) is 7.05 Å². The van der Waals surface area contributed by atoms with Crippen molar-refractivity contribution in [2.75, 3.05) is 17.1 Å². The van der Waals surface area contributed by atoms with Crippen molar-refractivity contribution in [2.24, 2.45) is 0 Å². The summed E-state index contributed by atoms with van der Waals surface area (Å²) in [7, 11) is -1.56. The van der Waals surface area contributed by atoms with Gasteiger partial charge in [-0.15, -0.1) is 0 Å². The maximum atomic E-state index is 11.9. The third-order valence-corrected chi connectivity index (χ3v) is 4.75. The van der Waals surface area contributed by atoms with Gasteiger partial charge in [0.15, 0.2) is 0 Å². The van der Waals surface area contributed by atoms with Crippen LogP contribution in [0.1, 0.15) is 38.7 Å². The number of nitrogens with zero attached hydrogens (tertiary/aromatic N) is 1. The molecule has 0 unspecified atom stereocenters. The van der Waals surface area contributed by atoms with E-state index in [-0.39, 0.29) is 5.75 Å². The summed E-state index contributed by atoms with van der Waals surface area (Å²) in [5.74, 6) is 0.590. The predicted octanol–water partition coefficient (Wildman–Crippen LogP) is 2.99. The highest BCUT2D eigenvalue weighted by atomic mass is 32.2. The van der Waals surface area contributed by atoms with Crippen LogP contribution in [0.25, 0.3) is 0 Å². The van der Waals surface area contributed by atoms with E-state index in [9.17, 15) is 8.42 Å². The Kier molecular flexibility index (Phi) is 4.57.